The van der Waals surface area contributed by atoms with Crippen LogP contribution in [0.3, 0.4) is 0 Å². The van der Waals surface area contributed by atoms with Gasteiger partial charge >= 0.3 is 0 Å². The summed E-state index contributed by atoms with van der Waals surface area (Å²) in [5.41, 5.74) is 2.50. The number of likely N-dealkylation sites (N-methyl/N-ethyl adjacent to an activating group) is 1. The Morgan fingerprint density at radius 2 is 1.95 bits per heavy atom. The molecule has 0 radical (unpaired) electrons. The van der Waals surface area contributed by atoms with Gasteiger partial charge in [-0.2, -0.15) is 15.0 Å². The number of hydrazine groups is 1. The summed E-state index contributed by atoms with van der Waals surface area (Å²) >= 11 is 0. The number of nitrogen functional groups attached to an aromatic ring is 1. The van der Waals surface area contributed by atoms with E-state index in [2.05, 4.69) is 42.2 Å². The number of aromatic nitrogens is 5. The van der Waals surface area contributed by atoms with Gasteiger partial charge in [0.25, 0.3) is 0 Å². The number of hydrogen-bond donors (Lipinski definition) is 2. The van der Waals surface area contributed by atoms with Crippen molar-refractivity contribution in [2.75, 3.05) is 43.6 Å². The number of anilines is 2. The molecule has 1 aliphatic heterocycles. The Kier molecular flexibility index (Phi) is 3.93. The van der Waals surface area contributed by atoms with E-state index in [-0.39, 0.29) is 0 Å². The third-order valence-electron chi connectivity index (χ3n) is 3.48. The highest BCUT2D eigenvalue weighted by Gasteiger charge is 2.17. The number of nitrogens with zero attached hydrogens (tertiary/aromatic N) is 7. The van der Waals surface area contributed by atoms with Gasteiger partial charge in [-0.25, -0.2) is 10.8 Å². The molecule has 0 saturated carbocycles. The van der Waals surface area contributed by atoms with Gasteiger partial charge in [-0.05, 0) is 20.0 Å². The second-order valence-corrected chi connectivity index (χ2v) is 5.02. The molecule has 0 atom stereocenters. The minimum atomic E-state index is 0.348. The maximum absolute atomic E-state index is 5.47. The minimum Gasteiger partial charge on any atom is -0.339 e. The summed E-state index contributed by atoms with van der Waals surface area (Å²) in [6.07, 6.45) is 6.19. The zero-order valence-corrected chi connectivity index (χ0v) is 12.0. The van der Waals surface area contributed by atoms with Crippen LogP contribution in [0.4, 0.5) is 11.9 Å². The van der Waals surface area contributed by atoms with Crippen molar-refractivity contribution < 1.29 is 0 Å². The van der Waals surface area contributed by atoms with E-state index in [1.807, 2.05) is 0 Å². The van der Waals surface area contributed by atoms with E-state index in [0.29, 0.717) is 17.8 Å². The number of imidazole rings is 1. The van der Waals surface area contributed by atoms with Crippen LogP contribution >= 0.6 is 0 Å². The number of nitrogens with two attached hydrogens (primary N) is 1. The molecular weight excluding hydrogens is 270 g/mol. The molecule has 3 N–H and O–H groups in total. The Morgan fingerprint density at radius 3 is 2.71 bits per heavy atom. The van der Waals surface area contributed by atoms with Gasteiger partial charge in [0.15, 0.2) is 0 Å². The molecule has 2 aromatic heterocycles. The van der Waals surface area contributed by atoms with Crippen molar-refractivity contribution in [3.8, 4) is 5.95 Å². The van der Waals surface area contributed by atoms with E-state index in [4.69, 9.17) is 5.84 Å². The van der Waals surface area contributed by atoms with Crippen LogP contribution in [0, 0.1) is 0 Å². The molecule has 2 aromatic rings. The average molecular weight is 289 g/mol. The monoisotopic (exact) mass is 289 g/mol. The quantitative estimate of drug-likeness (QED) is 0.575. The molecule has 3 heterocycles. The molecule has 3 rings (SSSR count). The second-order valence-electron chi connectivity index (χ2n) is 5.02. The molecule has 0 spiro atoms. The molecule has 0 amide bonds. The Hall–Kier alpha value is -2.26. The van der Waals surface area contributed by atoms with E-state index >= 15 is 0 Å². The molecule has 1 fully saturated rings. The largest absolute Gasteiger partial charge is 0.339 e. The maximum Gasteiger partial charge on any atom is 0.243 e. The Labute approximate surface area is 122 Å². The first-order valence-electron chi connectivity index (χ1n) is 6.91. The third kappa shape index (κ3) is 3.09. The molecule has 0 bridgehead atoms. The standard InChI is InChI=1S/C12H19N9/c1-19-4-2-5-20(8-7-19)11-15-10(18-13)16-12(17-11)21-6-3-14-9-21/h3,6,9H,2,4-5,7-8,13H2,1H3,(H,15,16,17,18). The summed E-state index contributed by atoms with van der Waals surface area (Å²) in [4.78, 5) is 21.6. The first-order chi connectivity index (χ1) is 10.3. The summed E-state index contributed by atoms with van der Waals surface area (Å²) in [6, 6.07) is 0. The van der Waals surface area contributed by atoms with Crippen molar-refractivity contribution in [2.45, 2.75) is 6.42 Å². The lowest BCUT2D eigenvalue weighted by Crippen LogP contribution is -2.31. The van der Waals surface area contributed by atoms with Gasteiger partial charge in [-0.3, -0.25) is 9.99 Å². The summed E-state index contributed by atoms with van der Waals surface area (Å²) in [6.45, 7) is 3.87. The topological polar surface area (TPSA) is 101 Å². The SMILES string of the molecule is CN1CCCN(c2nc(NN)nc(-n3ccnc3)n2)CC1. The van der Waals surface area contributed by atoms with Crippen molar-refractivity contribution in [2.24, 2.45) is 5.84 Å². The number of nitrogens with one attached hydrogen (secondary N) is 1. The number of rotatable bonds is 3. The molecule has 1 aliphatic rings. The lowest BCUT2D eigenvalue weighted by molar-refractivity contribution is 0.360. The molecule has 21 heavy (non-hydrogen) atoms. The van der Waals surface area contributed by atoms with Gasteiger partial charge in [0, 0.05) is 32.0 Å². The van der Waals surface area contributed by atoms with Crippen molar-refractivity contribution in [1.29, 1.82) is 0 Å². The van der Waals surface area contributed by atoms with Crippen molar-refractivity contribution in [3.63, 3.8) is 0 Å². The highest BCUT2D eigenvalue weighted by Crippen LogP contribution is 2.14. The van der Waals surface area contributed by atoms with Crippen molar-refractivity contribution >= 4 is 11.9 Å². The molecule has 9 heteroatoms. The zero-order chi connectivity index (χ0) is 14.7. The fraction of sp³-hybridized carbons (Fsp3) is 0.500. The van der Waals surface area contributed by atoms with E-state index in [1.165, 1.54) is 0 Å². The van der Waals surface area contributed by atoms with Crippen LogP contribution in [-0.2, 0) is 0 Å². The van der Waals surface area contributed by atoms with Gasteiger partial charge < -0.3 is 9.80 Å². The number of hydrogen-bond acceptors (Lipinski definition) is 8. The highest BCUT2D eigenvalue weighted by atomic mass is 15.4. The first-order valence-corrected chi connectivity index (χ1v) is 6.91. The highest BCUT2D eigenvalue weighted by molar-refractivity contribution is 5.39. The average Bonchev–Trinajstić information content (AvgIpc) is 2.96. The van der Waals surface area contributed by atoms with E-state index in [1.54, 1.807) is 23.3 Å². The molecule has 0 unspecified atom stereocenters. The molecule has 9 nitrogen and oxygen atoms in total. The first kappa shape index (κ1) is 13.7. The summed E-state index contributed by atoms with van der Waals surface area (Å²) in [5.74, 6) is 6.96. The van der Waals surface area contributed by atoms with Crippen LogP contribution in [-0.4, -0.2) is 62.6 Å². The predicted molar refractivity (Wildman–Crippen MR) is 79.1 cm³/mol. The van der Waals surface area contributed by atoms with Crippen molar-refractivity contribution in [1.82, 2.24) is 29.4 Å². The Balaban J connectivity index is 1.92. The van der Waals surface area contributed by atoms with Gasteiger partial charge in [0.2, 0.25) is 17.8 Å². The fourth-order valence-electron chi connectivity index (χ4n) is 2.30. The lowest BCUT2D eigenvalue weighted by atomic mass is 10.4. The van der Waals surface area contributed by atoms with Crippen LogP contribution in [0.2, 0.25) is 0 Å². The van der Waals surface area contributed by atoms with E-state index in [9.17, 15) is 0 Å². The fourth-order valence-corrected chi connectivity index (χ4v) is 2.30. The van der Waals surface area contributed by atoms with Gasteiger partial charge in [-0.1, -0.05) is 0 Å². The maximum atomic E-state index is 5.47. The Morgan fingerprint density at radius 1 is 1.10 bits per heavy atom. The van der Waals surface area contributed by atoms with Crippen LogP contribution in [0.15, 0.2) is 18.7 Å². The van der Waals surface area contributed by atoms with Crippen LogP contribution < -0.4 is 16.2 Å². The van der Waals surface area contributed by atoms with Gasteiger partial charge in [-0.15, -0.1) is 0 Å². The van der Waals surface area contributed by atoms with E-state index in [0.717, 1.165) is 32.6 Å². The molecular formula is C12H19N9. The van der Waals surface area contributed by atoms with Gasteiger partial charge in [0.1, 0.15) is 6.33 Å². The predicted octanol–water partition coefficient (Wildman–Crippen LogP) is -0.515. The minimum absolute atomic E-state index is 0.348. The zero-order valence-electron chi connectivity index (χ0n) is 12.0. The molecule has 112 valence electrons. The summed E-state index contributed by atoms with van der Waals surface area (Å²) in [5, 5.41) is 0. The summed E-state index contributed by atoms with van der Waals surface area (Å²) < 4.78 is 1.73. The molecule has 0 aliphatic carbocycles. The molecule has 1 saturated heterocycles. The van der Waals surface area contributed by atoms with E-state index < -0.39 is 0 Å². The second kappa shape index (κ2) is 6.02. The Bertz CT molecular complexity index is 582. The summed E-state index contributed by atoms with van der Waals surface area (Å²) in [7, 11) is 2.13. The smallest absolute Gasteiger partial charge is 0.243 e. The normalized spacial score (nSPS) is 16.8. The third-order valence-corrected chi connectivity index (χ3v) is 3.48. The van der Waals surface area contributed by atoms with Crippen LogP contribution in [0.5, 0.6) is 0 Å². The van der Waals surface area contributed by atoms with Crippen LogP contribution in [0.25, 0.3) is 5.95 Å². The van der Waals surface area contributed by atoms with Gasteiger partial charge in [0.05, 0.1) is 0 Å². The molecule has 0 aromatic carbocycles. The van der Waals surface area contributed by atoms with Crippen LogP contribution in [0.1, 0.15) is 6.42 Å². The van der Waals surface area contributed by atoms with Crippen molar-refractivity contribution in [3.05, 3.63) is 18.7 Å². The lowest BCUT2D eigenvalue weighted by Gasteiger charge is -2.21.